The van der Waals surface area contributed by atoms with E-state index in [1.807, 2.05) is 30.3 Å². The van der Waals surface area contributed by atoms with Crippen molar-refractivity contribution < 1.29 is 4.74 Å². The number of guanidine groups is 1. The number of nitrogens with two attached hydrogens (primary N) is 1. The highest BCUT2D eigenvalue weighted by molar-refractivity contribution is 7.80. The molecule has 0 bridgehead atoms. The van der Waals surface area contributed by atoms with Crippen LogP contribution in [-0.2, 0) is 17.7 Å². The fraction of sp³-hybridized carbons (Fsp3) is 0.278. The number of hydrogen-bond acceptors (Lipinski definition) is 4. The predicted octanol–water partition coefficient (Wildman–Crippen LogP) is 1.62. The van der Waals surface area contributed by atoms with Crippen molar-refractivity contribution in [1.29, 1.82) is 0 Å². The van der Waals surface area contributed by atoms with Crippen molar-refractivity contribution in [2.24, 2.45) is 10.7 Å². The zero-order chi connectivity index (χ0) is 17.7. The molecule has 1 heterocycles. The molecule has 2 rings (SSSR count). The number of aromatic nitrogens is 1. The average Bonchev–Trinajstić information content (AvgIpc) is 2.64. The fourth-order valence-electron chi connectivity index (χ4n) is 2.05. The number of nitrogens with one attached hydrogen (secondary N) is 2. The molecule has 0 atom stereocenters. The van der Waals surface area contributed by atoms with Crippen LogP contribution in [0.15, 0.2) is 59.9 Å². The van der Waals surface area contributed by atoms with E-state index in [4.69, 9.17) is 22.7 Å². The first-order valence-electron chi connectivity index (χ1n) is 8.09. The second-order valence-corrected chi connectivity index (χ2v) is 5.69. The first-order valence-corrected chi connectivity index (χ1v) is 8.50. The van der Waals surface area contributed by atoms with E-state index in [1.54, 1.807) is 12.4 Å². The van der Waals surface area contributed by atoms with Gasteiger partial charge in [0.25, 0.3) is 0 Å². The van der Waals surface area contributed by atoms with Gasteiger partial charge in [-0.25, -0.2) is 0 Å². The van der Waals surface area contributed by atoms with Gasteiger partial charge < -0.3 is 21.1 Å². The lowest BCUT2D eigenvalue weighted by molar-refractivity contribution is 0.145. The molecule has 1 aromatic carbocycles. The molecule has 1 aromatic heterocycles. The number of benzene rings is 1. The summed E-state index contributed by atoms with van der Waals surface area (Å²) in [4.78, 5) is 8.22. The summed E-state index contributed by atoms with van der Waals surface area (Å²) in [5.74, 6) is 0.273. The first-order chi connectivity index (χ1) is 12.2. The minimum Gasteiger partial charge on any atom is -0.379 e. The topological polar surface area (TPSA) is 84.6 Å². The Morgan fingerprint density at radius 1 is 1.12 bits per heavy atom. The van der Waals surface area contributed by atoms with Gasteiger partial charge in [0.1, 0.15) is 0 Å². The van der Waals surface area contributed by atoms with E-state index in [0.29, 0.717) is 31.4 Å². The SMILES string of the molecule is NC(=NCCOCCc1ccccc1)NC(=S)NCc1cccnc1. The van der Waals surface area contributed by atoms with Crippen molar-refractivity contribution in [2.45, 2.75) is 13.0 Å². The maximum absolute atomic E-state index is 5.79. The third kappa shape index (κ3) is 8.23. The van der Waals surface area contributed by atoms with Crippen LogP contribution in [0.4, 0.5) is 0 Å². The van der Waals surface area contributed by atoms with Crippen LogP contribution >= 0.6 is 12.2 Å². The third-order valence-electron chi connectivity index (χ3n) is 3.31. The van der Waals surface area contributed by atoms with E-state index in [-0.39, 0.29) is 5.96 Å². The number of nitrogens with zero attached hydrogens (tertiary/aromatic N) is 2. The molecule has 0 saturated heterocycles. The van der Waals surface area contributed by atoms with Gasteiger partial charge >= 0.3 is 0 Å². The van der Waals surface area contributed by atoms with Crippen LogP contribution in [0.3, 0.4) is 0 Å². The van der Waals surface area contributed by atoms with E-state index in [2.05, 4.69) is 32.7 Å². The van der Waals surface area contributed by atoms with Gasteiger partial charge in [-0.15, -0.1) is 0 Å². The van der Waals surface area contributed by atoms with Crippen molar-refractivity contribution in [3.05, 3.63) is 66.0 Å². The summed E-state index contributed by atoms with van der Waals surface area (Å²) in [5.41, 5.74) is 8.09. The van der Waals surface area contributed by atoms with Crippen molar-refractivity contribution in [3.63, 3.8) is 0 Å². The van der Waals surface area contributed by atoms with Gasteiger partial charge in [-0.05, 0) is 35.8 Å². The molecular weight excluding hydrogens is 334 g/mol. The molecule has 132 valence electrons. The second kappa shape index (κ2) is 11.1. The smallest absolute Gasteiger partial charge is 0.194 e. The summed E-state index contributed by atoms with van der Waals surface area (Å²) in [6.45, 7) is 2.25. The van der Waals surface area contributed by atoms with Crippen molar-refractivity contribution in [3.8, 4) is 0 Å². The van der Waals surface area contributed by atoms with Gasteiger partial charge in [0.05, 0.1) is 19.8 Å². The van der Waals surface area contributed by atoms with Gasteiger partial charge in [-0.2, -0.15) is 0 Å². The Balaban J connectivity index is 1.55. The van der Waals surface area contributed by atoms with Crippen LogP contribution in [-0.4, -0.2) is 35.8 Å². The Labute approximate surface area is 153 Å². The highest BCUT2D eigenvalue weighted by atomic mass is 32.1. The molecule has 0 radical (unpaired) electrons. The lowest BCUT2D eigenvalue weighted by atomic mass is 10.2. The Morgan fingerprint density at radius 2 is 1.92 bits per heavy atom. The zero-order valence-electron chi connectivity index (χ0n) is 14.0. The van der Waals surface area contributed by atoms with Crippen LogP contribution in [0.2, 0.25) is 0 Å². The summed E-state index contributed by atoms with van der Waals surface area (Å²) < 4.78 is 5.55. The normalized spacial score (nSPS) is 11.1. The molecule has 7 heteroatoms. The molecule has 4 N–H and O–H groups in total. The predicted molar refractivity (Wildman–Crippen MR) is 104 cm³/mol. The van der Waals surface area contributed by atoms with E-state index in [1.165, 1.54) is 5.56 Å². The van der Waals surface area contributed by atoms with Crippen LogP contribution in [0.5, 0.6) is 0 Å². The summed E-state index contributed by atoms with van der Waals surface area (Å²) >= 11 is 5.17. The summed E-state index contributed by atoms with van der Waals surface area (Å²) in [6, 6.07) is 14.1. The van der Waals surface area contributed by atoms with Gasteiger partial charge in [-0.3, -0.25) is 9.98 Å². The number of rotatable bonds is 8. The first kappa shape index (κ1) is 18.8. The minimum atomic E-state index is 0.273. The maximum atomic E-state index is 5.79. The number of pyridine rings is 1. The van der Waals surface area contributed by atoms with Crippen LogP contribution in [0, 0.1) is 0 Å². The van der Waals surface area contributed by atoms with Crippen molar-refractivity contribution in [1.82, 2.24) is 15.6 Å². The van der Waals surface area contributed by atoms with Crippen LogP contribution in [0.1, 0.15) is 11.1 Å². The summed E-state index contributed by atoms with van der Waals surface area (Å²) in [7, 11) is 0. The summed E-state index contributed by atoms with van der Waals surface area (Å²) in [6.07, 6.45) is 4.40. The van der Waals surface area contributed by atoms with Crippen LogP contribution < -0.4 is 16.4 Å². The largest absolute Gasteiger partial charge is 0.379 e. The van der Waals surface area contributed by atoms with E-state index in [9.17, 15) is 0 Å². The van der Waals surface area contributed by atoms with Crippen molar-refractivity contribution >= 4 is 23.3 Å². The van der Waals surface area contributed by atoms with E-state index < -0.39 is 0 Å². The Morgan fingerprint density at radius 3 is 2.68 bits per heavy atom. The summed E-state index contributed by atoms with van der Waals surface area (Å²) in [5, 5.41) is 6.31. The third-order valence-corrected chi connectivity index (χ3v) is 3.56. The molecule has 0 amide bonds. The fourth-order valence-corrected chi connectivity index (χ4v) is 2.23. The van der Waals surface area contributed by atoms with Gasteiger partial charge in [0, 0.05) is 18.9 Å². The number of thiocarbonyl (C=S) groups is 1. The highest BCUT2D eigenvalue weighted by Gasteiger charge is 1.99. The number of ether oxygens (including phenoxy) is 1. The maximum Gasteiger partial charge on any atom is 0.194 e. The molecule has 0 fully saturated rings. The second-order valence-electron chi connectivity index (χ2n) is 5.28. The molecular formula is C18H23N5OS. The van der Waals surface area contributed by atoms with E-state index in [0.717, 1.165) is 12.0 Å². The zero-order valence-corrected chi connectivity index (χ0v) is 14.8. The van der Waals surface area contributed by atoms with Gasteiger partial charge in [-0.1, -0.05) is 36.4 Å². The Kier molecular flexibility index (Phi) is 8.37. The highest BCUT2D eigenvalue weighted by Crippen LogP contribution is 1.99. The lowest BCUT2D eigenvalue weighted by Crippen LogP contribution is -2.43. The monoisotopic (exact) mass is 357 g/mol. The van der Waals surface area contributed by atoms with Crippen LogP contribution in [0.25, 0.3) is 0 Å². The Bertz CT molecular complexity index is 664. The average molecular weight is 357 g/mol. The molecule has 25 heavy (non-hydrogen) atoms. The molecule has 0 saturated carbocycles. The Hall–Kier alpha value is -2.51. The quantitative estimate of drug-likeness (QED) is 0.288. The molecule has 0 aliphatic carbocycles. The molecule has 6 nitrogen and oxygen atoms in total. The van der Waals surface area contributed by atoms with Crippen molar-refractivity contribution in [2.75, 3.05) is 19.8 Å². The standard InChI is InChI=1S/C18H23N5OS/c19-17(23-18(25)22-14-16-7-4-9-20-13-16)21-10-12-24-11-8-15-5-2-1-3-6-15/h1-7,9,13H,8,10-12,14H2,(H4,19,21,22,23,25). The number of aliphatic imine (C=N–C) groups is 1. The molecule has 2 aromatic rings. The minimum absolute atomic E-state index is 0.273. The lowest BCUT2D eigenvalue weighted by Gasteiger charge is -2.09. The number of hydrogen-bond donors (Lipinski definition) is 3. The molecule has 0 unspecified atom stereocenters. The molecule has 0 spiro atoms. The molecule has 0 aliphatic rings. The van der Waals surface area contributed by atoms with Gasteiger partial charge in [0.2, 0.25) is 0 Å². The molecule has 0 aliphatic heterocycles. The van der Waals surface area contributed by atoms with Gasteiger partial charge in [0.15, 0.2) is 11.1 Å². The van der Waals surface area contributed by atoms with E-state index >= 15 is 0 Å².